The topological polar surface area (TPSA) is 92.6 Å². The lowest BCUT2D eigenvalue weighted by Gasteiger charge is -2.22. The second kappa shape index (κ2) is 7.63. The number of thiophene rings is 1. The fourth-order valence-corrected chi connectivity index (χ4v) is 4.25. The summed E-state index contributed by atoms with van der Waals surface area (Å²) in [5, 5.41) is 14.3. The van der Waals surface area contributed by atoms with Crippen LogP contribution in [-0.2, 0) is 6.54 Å². The molecule has 1 heterocycles. The Hall–Kier alpha value is -3.26. The molecular formula is C21H19N3O4S. The summed E-state index contributed by atoms with van der Waals surface area (Å²) in [6.45, 7) is 0.464. The summed E-state index contributed by atoms with van der Waals surface area (Å²) in [6.07, 6.45) is 1.94. The van der Waals surface area contributed by atoms with E-state index in [0.29, 0.717) is 22.4 Å². The molecule has 29 heavy (non-hydrogen) atoms. The van der Waals surface area contributed by atoms with Crippen LogP contribution in [0.1, 0.15) is 38.4 Å². The van der Waals surface area contributed by atoms with E-state index in [0.717, 1.165) is 23.1 Å². The number of rotatable bonds is 6. The number of carbonyl (C=O) groups is 2. The van der Waals surface area contributed by atoms with Gasteiger partial charge in [-0.25, -0.2) is 0 Å². The number of amides is 2. The summed E-state index contributed by atoms with van der Waals surface area (Å²) in [4.78, 5) is 37.9. The lowest BCUT2D eigenvalue weighted by atomic mass is 10.1. The third-order valence-corrected chi connectivity index (χ3v) is 6.07. The van der Waals surface area contributed by atoms with Crippen molar-refractivity contribution in [2.75, 3.05) is 7.05 Å². The van der Waals surface area contributed by atoms with Crippen molar-refractivity contribution in [2.45, 2.75) is 25.4 Å². The Morgan fingerprint density at radius 2 is 1.90 bits per heavy atom. The van der Waals surface area contributed by atoms with Gasteiger partial charge in [-0.1, -0.05) is 12.1 Å². The summed E-state index contributed by atoms with van der Waals surface area (Å²) in [7, 11) is 1.59. The predicted octanol–water partition coefficient (Wildman–Crippen LogP) is 3.97. The Balaban J connectivity index is 1.57. The molecule has 1 N–H and O–H groups in total. The smallest absolute Gasteiger partial charge is 0.270 e. The molecule has 0 atom stereocenters. The number of nitro groups is 1. The average Bonchev–Trinajstić information content (AvgIpc) is 3.48. The van der Waals surface area contributed by atoms with Crippen LogP contribution in [0.15, 0.2) is 48.5 Å². The van der Waals surface area contributed by atoms with E-state index in [9.17, 15) is 19.7 Å². The molecule has 3 aromatic rings. The van der Waals surface area contributed by atoms with Crippen LogP contribution >= 0.6 is 11.3 Å². The minimum Gasteiger partial charge on any atom is -0.355 e. The van der Waals surface area contributed by atoms with Crippen molar-refractivity contribution in [3.8, 4) is 0 Å². The number of benzene rings is 2. The second-order valence-corrected chi connectivity index (χ2v) is 8.11. The highest BCUT2D eigenvalue weighted by Gasteiger charge is 2.33. The summed E-state index contributed by atoms with van der Waals surface area (Å²) < 4.78 is 0.852. The van der Waals surface area contributed by atoms with Gasteiger partial charge in [0.05, 0.1) is 9.80 Å². The van der Waals surface area contributed by atoms with Crippen LogP contribution < -0.4 is 5.32 Å². The van der Waals surface area contributed by atoms with Crippen LogP contribution in [0.5, 0.6) is 0 Å². The molecule has 8 heteroatoms. The molecule has 1 aliphatic rings. The monoisotopic (exact) mass is 409 g/mol. The van der Waals surface area contributed by atoms with Gasteiger partial charge in [0.25, 0.3) is 17.5 Å². The van der Waals surface area contributed by atoms with Crippen molar-refractivity contribution >= 4 is 38.9 Å². The van der Waals surface area contributed by atoms with Gasteiger partial charge in [0, 0.05) is 47.4 Å². The maximum atomic E-state index is 13.2. The summed E-state index contributed by atoms with van der Waals surface area (Å²) >= 11 is 1.35. The first-order valence-corrected chi connectivity index (χ1v) is 10.1. The summed E-state index contributed by atoms with van der Waals surface area (Å²) in [5.41, 5.74) is 1.55. The molecule has 7 nitrogen and oxygen atoms in total. The van der Waals surface area contributed by atoms with Crippen LogP contribution in [0, 0.1) is 10.1 Å². The van der Waals surface area contributed by atoms with Gasteiger partial charge in [0.15, 0.2) is 0 Å². The quantitative estimate of drug-likeness (QED) is 0.492. The maximum absolute atomic E-state index is 13.2. The molecule has 4 rings (SSSR count). The molecule has 0 saturated heterocycles. The highest BCUT2D eigenvalue weighted by atomic mass is 32.1. The van der Waals surface area contributed by atoms with Crippen LogP contribution in [0.2, 0.25) is 0 Å². The minimum absolute atomic E-state index is 0.0181. The zero-order valence-corrected chi connectivity index (χ0v) is 16.6. The molecule has 2 aromatic carbocycles. The van der Waals surface area contributed by atoms with Gasteiger partial charge in [-0.2, -0.15) is 0 Å². The second-order valence-electron chi connectivity index (χ2n) is 7.03. The van der Waals surface area contributed by atoms with Crippen molar-refractivity contribution in [2.24, 2.45) is 0 Å². The van der Waals surface area contributed by atoms with Crippen molar-refractivity contribution in [1.82, 2.24) is 10.2 Å². The number of nitro benzene ring substituents is 1. The Morgan fingerprint density at radius 1 is 1.17 bits per heavy atom. The van der Waals surface area contributed by atoms with E-state index >= 15 is 0 Å². The van der Waals surface area contributed by atoms with Crippen molar-refractivity contribution in [1.29, 1.82) is 0 Å². The van der Waals surface area contributed by atoms with Gasteiger partial charge in [-0.05, 0) is 42.7 Å². The van der Waals surface area contributed by atoms with Crippen LogP contribution in [0.4, 0.5) is 5.69 Å². The number of hydrogen-bond donors (Lipinski definition) is 1. The maximum Gasteiger partial charge on any atom is 0.270 e. The fraction of sp³-hybridized carbons (Fsp3) is 0.238. The first-order chi connectivity index (χ1) is 14.0. The predicted molar refractivity (Wildman–Crippen MR) is 111 cm³/mol. The number of hydrogen-bond acceptors (Lipinski definition) is 5. The molecule has 1 saturated carbocycles. The van der Waals surface area contributed by atoms with Crippen molar-refractivity contribution in [3.05, 3.63) is 74.6 Å². The number of non-ortho nitro benzene ring substituents is 1. The van der Waals surface area contributed by atoms with Crippen LogP contribution in [0.25, 0.3) is 10.1 Å². The zero-order valence-electron chi connectivity index (χ0n) is 15.8. The molecule has 2 amide bonds. The van der Waals surface area contributed by atoms with E-state index in [-0.39, 0.29) is 23.5 Å². The molecule has 0 radical (unpaired) electrons. The van der Waals surface area contributed by atoms with Crippen molar-refractivity contribution < 1.29 is 14.5 Å². The Morgan fingerprint density at radius 3 is 2.52 bits per heavy atom. The lowest BCUT2D eigenvalue weighted by molar-refractivity contribution is -0.384. The Bertz CT molecular complexity index is 1100. The summed E-state index contributed by atoms with van der Waals surface area (Å²) in [6, 6.07) is 13.8. The van der Waals surface area contributed by atoms with Crippen molar-refractivity contribution in [3.63, 3.8) is 0 Å². The Kier molecular flexibility index (Phi) is 5.02. The molecule has 0 bridgehead atoms. The van der Waals surface area contributed by atoms with Crippen LogP contribution in [0.3, 0.4) is 0 Å². The SMILES string of the molecule is CNC(=O)c1ccc(CN(C(=O)c2cc3cc([N+](=O)[O-])ccc3s2)C2CC2)cc1. The molecular weight excluding hydrogens is 390 g/mol. The molecule has 148 valence electrons. The number of nitrogens with zero attached hydrogens (tertiary/aromatic N) is 2. The summed E-state index contributed by atoms with van der Waals surface area (Å²) in [5.74, 6) is -0.210. The molecule has 0 spiro atoms. The standard InChI is InChI=1S/C21H19N3O4S/c1-22-20(25)14-4-2-13(3-5-14)12-23(16-6-7-16)21(26)19-11-15-10-17(24(27)28)8-9-18(15)29-19/h2-5,8-11,16H,6-7,12H2,1H3,(H,22,25). The first kappa shape index (κ1) is 19.1. The lowest BCUT2D eigenvalue weighted by Crippen LogP contribution is -2.32. The van der Waals surface area contributed by atoms with E-state index < -0.39 is 4.92 Å². The van der Waals surface area contributed by atoms with E-state index in [1.807, 2.05) is 17.0 Å². The number of fused-ring (bicyclic) bond motifs is 1. The normalized spacial score (nSPS) is 13.3. The van der Waals surface area contributed by atoms with E-state index in [1.165, 1.54) is 23.5 Å². The van der Waals surface area contributed by atoms with E-state index in [2.05, 4.69) is 5.32 Å². The molecule has 0 aliphatic heterocycles. The molecule has 1 fully saturated rings. The van der Waals surface area contributed by atoms with Gasteiger partial charge < -0.3 is 10.2 Å². The molecule has 1 aliphatic carbocycles. The number of nitrogens with one attached hydrogen (secondary N) is 1. The highest BCUT2D eigenvalue weighted by Crippen LogP contribution is 2.34. The highest BCUT2D eigenvalue weighted by molar-refractivity contribution is 7.20. The van der Waals surface area contributed by atoms with Crippen LogP contribution in [-0.4, -0.2) is 34.7 Å². The van der Waals surface area contributed by atoms with Gasteiger partial charge in [0.1, 0.15) is 0 Å². The van der Waals surface area contributed by atoms with E-state index in [4.69, 9.17) is 0 Å². The third kappa shape index (κ3) is 3.97. The fourth-order valence-electron chi connectivity index (χ4n) is 3.25. The molecule has 0 unspecified atom stereocenters. The van der Waals surface area contributed by atoms with Gasteiger partial charge in [-0.3, -0.25) is 19.7 Å². The van der Waals surface area contributed by atoms with Gasteiger partial charge in [-0.15, -0.1) is 11.3 Å². The third-order valence-electron chi connectivity index (χ3n) is 4.97. The van der Waals surface area contributed by atoms with E-state index in [1.54, 1.807) is 31.3 Å². The van der Waals surface area contributed by atoms with Gasteiger partial charge in [0.2, 0.25) is 0 Å². The van der Waals surface area contributed by atoms with Gasteiger partial charge >= 0.3 is 0 Å². The average molecular weight is 409 g/mol. The zero-order chi connectivity index (χ0) is 20.5. The molecule has 1 aromatic heterocycles. The first-order valence-electron chi connectivity index (χ1n) is 9.26. The number of carbonyl (C=O) groups excluding carboxylic acids is 2. The Labute approximate surface area is 171 Å². The minimum atomic E-state index is -0.433. The largest absolute Gasteiger partial charge is 0.355 e.